The van der Waals surface area contributed by atoms with Crippen LogP contribution in [0.1, 0.15) is 24.5 Å². The van der Waals surface area contributed by atoms with Crippen LogP contribution in [-0.4, -0.2) is 71.0 Å². The fraction of sp³-hybridized carbons (Fsp3) is 0.560. The largest absolute Gasteiger partial charge is 0.505 e. The van der Waals surface area contributed by atoms with Gasteiger partial charge in [0.05, 0.1) is 34.2 Å². The summed E-state index contributed by atoms with van der Waals surface area (Å²) in [4.78, 5) is 42.5. The topological polar surface area (TPSA) is 101 Å². The first-order valence-corrected chi connectivity index (χ1v) is 15.1. The Morgan fingerprint density at radius 3 is 2.34 bits per heavy atom. The molecule has 1 saturated heterocycles. The van der Waals surface area contributed by atoms with Crippen molar-refractivity contribution >= 4 is 26.0 Å². The summed E-state index contributed by atoms with van der Waals surface area (Å²) >= 11 is 0. The molecule has 190 valence electrons. The predicted molar refractivity (Wildman–Crippen MR) is 129 cm³/mol. The highest BCUT2D eigenvalue weighted by Gasteiger charge is 2.89. The average molecular weight is 504 g/mol. The van der Waals surface area contributed by atoms with Crippen LogP contribution in [0.25, 0.3) is 0 Å². The van der Waals surface area contributed by atoms with Gasteiger partial charge in [-0.05, 0) is 62.3 Å². The van der Waals surface area contributed by atoms with Crippen molar-refractivity contribution in [3.8, 4) is 11.5 Å². The molecule has 3 atom stereocenters. The minimum absolute atomic E-state index is 0.0299. The van der Waals surface area contributed by atoms with E-state index in [0.29, 0.717) is 23.5 Å². The predicted octanol–water partition coefficient (Wildman–Crippen LogP) is 2.57. The molecule has 3 unspecified atom stereocenters. The van der Waals surface area contributed by atoms with Gasteiger partial charge in [-0.25, -0.2) is 0 Å². The van der Waals surface area contributed by atoms with Crippen molar-refractivity contribution in [3.05, 3.63) is 35.6 Å². The number of amides is 1. The van der Waals surface area contributed by atoms with Crippen LogP contribution in [0, 0.1) is 5.41 Å². The third-order valence-corrected chi connectivity index (χ3v) is 8.16. The monoisotopic (exact) mass is 503 g/mol. The van der Waals surface area contributed by atoms with Gasteiger partial charge in [0.25, 0.3) is 5.91 Å². The Kier molecular flexibility index (Phi) is 6.04. The van der Waals surface area contributed by atoms with Crippen LogP contribution < -0.4 is 9.47 Å². The maximum absolute atomic E-state index is 13.7. The van der Waals surface area contributed by atoms with Gasteiger partial charge in [-0.1, -0.05) is 0 Å². The van der Waals surface area contributed by atoms with Gasteiger partial charge < -0.3 is 28.3 Å². The minimum atomic E-state index is -2.31. The number of esters is 1. The molecule has 9 nitrogen and oxygen atoms in total. The Balaban J connectivity index is 2.13. The van der Waals surface area contributed by atoms with Gasteiger partial charge in [0.15, 0.2) is 25.2 Å². The van der Waals surface area contributed by atoms with Crippen molar-refractivity contribution in [2.45, 2.75) is 50.5 Å². The lowest BCUT2D eigenvalue weighted by Crippen LogP contribution is -2.81. The van der Waals surface area contributed by atoms with E-state index in [0.717, 1.165) is 5.56 Å². The fourth-order valence-corrected chi connectivity index (χ4v) is 7.63. The molecule has 4 rings (SSSR count). The number of fused-ring (bicyclic) bond motifs is 1. The smallest absolute Gasteiger partial charge is 0.323 e. The summed E-state index contributed by atoms with van der Waals surface area (Å²) in [6.07, 6.45) is 3.68. The van der Waals surface area contributed by atoms with Gasteiger partial charge in [0.1, 0.15) is 11.1 Å². The van der Waals surface area contributed by atoms with E-state index in [2.05, 4.69) is 0 Å². The molecule has 1 aromatic carbocycles. The first-order chi connectivity index (χ1) is 16.5. The summed E-state index contributed by atoms with van der Waals surface area (Å²) in [5.41, 5.74) is -2.94. The molecule has 0 bridgehead atoms. The molecule has 1 spiro atoms. The number of benzene rings is 1. The Morgan fingerprint density at radius 1 is 1.11 bits per heavy atom. The van der Waals surface area contributed by atoms with Gasteiger partial charge in [0.2, 0.25) is 5.78 Å². The summed E-state index contributed by atoms with van der Waals surface area (Å²) in [5, 5.41) is 0. The molecule has 0 N–H and O–H groups in total. The van der Waals surface area contributed by atoms with Crippen molar-refractivity contribution in [1.29, 1.82) is 0 Å². The number of ketones is 1. The molecule has 2 heterocycles. The zero-order valence-corrected chi connectivity index (χ0v) is 22.4. The standard InChI is InChI=1S/C25H33NO8Si/c1-8-33-22(29)24-15-23(10-12-30-2,34-35(5,6)7)25(24)17-14-19(32-4)18(31-3)13-16(17)9-11-26(25)21(28)20(24)27/h10,12-14H,8-9,11,15H2,1-7H3/b12-10+. The molecule has 2 fully saturated rings. The molecular formula is C25H33NO8Si. The van der Waals surface area contributed by atoms with Crippen LogP contribution in [0.2, 0.25) is 19.6 Å². The zero-order chi connectivity index (χ0) is 25.8. The summed E-state index contributed by atoms with van der Waals surface area (Å²) in [6, 6.07) is 3.61. The first kappa shape index (κ1) is 25.2. The number of Topliss-reactive ketones (excluding diaryl/α,β-unsaturated/α-hetero) is 1. The van der Waals surface area contributed by atoms with E-state index >= 15 is 0 Å². The van der Waals surface area contributed by atoms with Crippen LogP contribution in [0.3, 0.4) is 0 Å². The van der Waals surface area contributed by atoms with Gasteiger partial charge >= 0.3 is 5.97 Å². The molecule has 2 aliphatic heterocycles. The van der Waals surface area contributed by atoms with Crippen LogP contribution in [-0.2, 0) is 40.2 Å². The molecule has 1 aromatic rings. The van der Waals surface area contributed by atoms with E-state index in [1.165, 1.54) is 25.4 Å². The van der Waals surface area contributed by atoms with Crippen LogP contribution in [0.15, 0.2) is 24.5 Å². The number of carbonyl (C=O) groups is 3. The molecule has 10 heteroatoms. The van der Waals surface area contributed by atoms with Crippen molar-refractivity contribution in [2.24, 2.45) is 5.41 Å². The maximum Gasteiger partial charge on any atom is 0.323 e. The highest BCUT2D eigenvalue weighted by molar-refractivity contribution is 6.70. The van der Waals surface area contributed by atoms with Gasteiger partial charge in [-0.3, -0.25) is 14.4 Å². The Bertz CT molecular complexity index is 1110. The van der Waals surface area contributed by atoms with Crippen LogP contribution in [0.5, 0.6) is 11.5 Å². The maximum atomic E-state index is 13.7. The highest BCUT2D eigenvalue weighted by atomic mass is 28.4. The van der Waals surface area contributed by atoms with E-state index in [1.807, 2.05) is 25.7 Å². The Hall–Kier alpha value is -2.85. The van der Waals surface area contributed by atoms with Crippen LogP contribution in [0.4, 0.5) is 0 Å². The van der Waals surface area contributed by atoms with E-state index in [4.69, 9.17) is 23.4 Å². The number of nitrogens with zero attached hydrogens (tertiary/aromatic N) is 1. The number of ether oxygens (including phenoxy) is 4. The summed E-state index contributed by atoms with van der Waals surface area (Å²) in [6.45, 7) is 8.07. The second-order valence-electron chi connectivity index (χ2n) is 10.1. The minimum Gasteiger partial charge on any atom is -0.505 e. The number of methoxy groups -OCH3 is 3. The molecule has 1 amide bonds. The van der Waals surface area contributed by atoms with Crippen molar-refractivity contribution in [1.82, 2.24) is 4.90 Å². The first-order valence-electron chi connectivity index (χ1n) is 11.7. The lowest BCUT2D eigenvalue weighted by Gasteiger charge is -2.68. The fourth-order valence-electron chi connectivity index (χ4n) is 6.25. The third kappa shape index (κ3) is 3.12. The van der Waals surface area contributed by atoms with E-state index in [1.54, 1.807) is 26.2 Å². The Labute approximate surface area is 206 Å². The van der Waals surface area contributed by atoms with E-state index in [-0.39, 0.29) is 19.6 Å². The summed E-state index contributed by atoms with van der Waals surface area (Å²) < 4.78 is 28.7. The lowest BCUT2D eigenvalue weighted by atomic mass is 9.42. The quantitative estimate of drug-likeness (QED) is 0.175. The molecule has 35 heavy (non-hydrogen) atoms. The second-order valence-corrected chi connectivity index (χ2v) is 14.5. The molecule has 1 saturated carbocycles. The summed E-state index contributed by atoms with van der Waals surface area (Å²) in [5.74, 6) is -1.23. The molecule has 3 aliphatic rings. The second kappa shape index (κ2) is 8.37. The number of carbonyl (C=O) groups excluding carboxylic acids is 3. The average Bonchev–Trinajstić information content (AvgIpc) is 2.97. The normalized spacial score (nSPS) is 29.3. The van der Waals surface area contributed by atoms with Gasteiger partial charge in [-0.15, -0.1) is 0 Å². The Morgan fingerprint density at radius 2 is 1.77 bits per heavy atom. The zero-order valence-electron chi connectivity index (χ0n) is 21.4. The molecular weight excluding hydrogens is 470 g/mol. The van der Waals surface area contributed by atoms with Crippen LogP contribution >= 0.6 is 0 Å². The molecule has 0 aromatic heterocycles. The summed E-state index contributed by atoms with van der Waals surface area (Å²) in [7, 11) is 2.27. The number of hydrogen-bond donors (Lipinski definition) is 0. The number of rotatable bonds is 8. The highest BCUT2D eigenvalue weighted by Crippen LogP contribution is 2.73. The third-order valence-electron chi connectivity index (χ3n) is 7.18. The van der Waals surface area contributed by atoms with Gasteiger partial charge in [-0.2, -0.15) is 0 Å². The van der Waals surface area contributed by atoms with Crippen molar-refractivity contribution in [3.63, 3.8) is 0 Å². The SMILES string of the molecule is CCOC(=O)C12CC(/C=C/OC)(O[Si](C)(C)C)C13c1cc(OC)c(OC)cc1CCN3C(=O)C2=O. The van der Waals surface area contributed by atoms with Gasteiger partial charge in [0, 0.05) is 13.0 Å². The molecule has 0 radical (unpaired) electrons. The van der Waals surface area contributed by atoms with E-state index in [9.17, 15) is 14.4 Å². The molecule has 1 aliphatic carbocycles. The van der Waals surface area contributed by atoms with Crippen molar-refractivity contribution < 1.29 is 37.8 Å². The number of hydrogen-bond acceptors (Lipinski definition) is 8. The van der Waals surface area contributed by atoms with E-state index < -0.39 is 42.5 Å². The van der Waals surface area contributed by atoms with Crippen molar-refractivity contribution in [2.75, 3.05) is 34.5 Å². The lowest BCUT2D eigenvalue weighted by molar-refractivity contribution is -0.230.